The lowest BCUT2D eigenvalue weighted by atomic mass is 10.1. The lowest BCUT2D eigenvalue weighted by Gasteiger charge is -2.24. The molecule has 2 aromatic carbocycles. The third-order valence-corrected chi connectivity index (χ3v) is 7.20. The standard InChI is InChI=1S/C23H29N3O3S/c1-18-14-15-21(16-19(18)2)26(30(28,29)22-12-8-5-9-13-22)17-23(27)25-24-20-10-6-3-4-7-11-20/h5,8-9,12-16H,3-4,6-7,10-11,17H2,1-2H3,(H,25,27). The first-order valence-corrected chi connectivity index (χ1v) is 11.8. The molecule has 7 heteroatoms. The first-order valence-electron chi connectivity index (χ1n) is 10.4. The van der Waals surface area contributed by atoms with Crippen LogP contribution in [-0.2, 0) is 14.8 Å². The number of benzene rings is 2. The molecule has 1 fully saturated rings. The number of sulfonamides is 1. The molecule has 30 heavy (non-hydrogen) atoms. The highest BCUT2D eigenvalue weighted by Crippen LogP contribution is 2.25. The molecule has 0 unspecified atom stereocenters. The van der Waals surface area contributed by atoms with Gasteiger partial charge < -0.3 is 0 Å². The van der Waals surface area contributed by atoms with Crippen LogP contribution in [0.15, 0.2) is 58.5 Å². The van der Waals surface area contributed by atoms with E-state index in [1.807, 2.05) is 19.9 Å². The van der Waals surface area contributed by atoms with E-state index < -0.39 is 15.9 Å². The SMILES string of the molecule is Cc1ccc(N(CC(=O)NN=C2CCCCCC2)S(=O)(=O)c2ccccc2)cc1C. The summed E-state index contributed by atoms with van der Waals surface area (Å²) in [6.07, 6.45) is 6.27. The van der Waals surface area contributed by atoms with E-state index in [-0.39, 0.29) is 11.4 Å². The molecule has 1 aliphatic carbocycles. The van der Waals surface area contributed by atoms with Gasteiger partial charge in [-0.25, -0.2) is 13.8 Å². The van der Waals surface area contributed by atoms with Crippen molar-refractivity contribution in [3.8, 4) is 0 Å². The highest BCUT2D eigenvalue weighted by atomic mass is 32.2. The Bertz CT molecular complexity index is 1010. The molecule has 1 amide bonds. The number of aryl methyl sites for hydroxylation is 2. The van der Waals surface area contributed by atoms with Gasteiger partial charge in [-0.05, 0) is 74.9 Å². The van der Waals surface area contributed by atoms with Crippen molar-refractivity contribution in [2.45, 2.75) is 57.3 Å². The van der Waals surface area contributed by atoms with E-state index in [2.05, 4.69) is 10.5 Å². The third-order valence-electron chi connectivity index (χ3n) is 5.42. The maximum atomic E-state index is 13.3. The van der Waals surface area contributed by atoms with E-state index in [1.54, 1.807) is 30.3 Å². The van der Waals surface area contributed by atoms with Gasteiger partial charge in [-0.15, -0.1) is 0 Å². The number of hydrogen-bond acceptors (Lipinski definition) is 4. The molecule has 0 saturated heterocycles. The van der Waals surface area contributed by atoms with Gasteiger partial charge >= 0.3 is 0 Å². The Morgan fingerprint density at radius 1 is 0.967 bits per heavy atom. The molecule has 3 rings (SSSR count). The number of hydrogen-bond donors (Lipinski definition) is 1. The largest absolute Gasteiger partial charge is 0.271 e. The molecule has 160 valence electrons. The van der Waals surface area contributed by atoms with Crippen LogP contribution < -0.4 is 9.73 Å². The van der Waals surface area contributed by atoms with Crippen molar-refractivity contribution in [2.75, 3.05) is 10.8 Å². The van der Waals surface area contributed by atoms with Crippen molar-refractivity contribution in [3.05, 3.63) is 59.7 Å². The Kier molecular flexibility index (Phi) is 7.26. The fraction of sp³-hybridized carbons (Fsp3) is 0.391. The molecular formula is C23H29N3O3S. The lowest BCUT2D eigenvalue weighted by molar-refractivity contribution is -0.119. The normalized spacial score (nSPS) is 14.7. The van der Waals surface area contributed by atoms with Gasteiger partial charge in [-0.2, -0.15) is 5.10 Å². The number of nitrogens with one attached hydrogen (secondary N) is 1. The summed E-state index contributed by atoms with van der Waals surface area (Å²) in [5, 5.41) is 4.27. The number of rotatable bonds is 6. The third kappa shape index (κ3) is 5.48. The summed E-state index contributed by atoms with van der Waals surface area (Å²) in [4.78, 5) is 12.8. The Labute approximate surface area is 179 Å². The van der Waals surface area contributed by atoms with Crippen LogP contribution in [0.4, 0.5) is 5.69 Å². The van der Waals surface area contributed by atoms with Gasteiger partial charge in [-0.3, -0.25) is 9.10 Å². The van der Waals surface area contributed by atoms with Crippen molar-refractivity contribution in [2.24, 2.45) is 5.10 Å². The maximum Gasteiger partial charge on any atom is 0.264 e. The second kappa shape index (κ2) is 9.89. The smallest absolute Gasteiger partial charge is 0.264 e. The second-order valence-electron chi connectivity index (χ2n) is 7.72. The van der Waals surface area contributed by atoms with Crippen molar-refractivity contribution in [1.82, 2.24) is 5.43 Å². The summed E-state index contributed by atoms with van der Waals surface area (Å²) in [6, 6.07) is 13.6. The van der Waals surface area contributed by atoms with Crippen LogP contribution >= 0.6 is 0 Å². The Morgan fingerprint density at radius 2 is 1.63 bits per heavy atom. The zero-order chi connectivity index (χ0) is 21.6. The number of anilines is 1. The molecule has 1 aliphatic rings. The van der Waals surface area contributed by atoms with Gasteiger partial charge in [0.2, 0.25) is 0 Å². The minimum absolute atomic E-state index is 0.145. The van der Waals surface area contributed by atoms with Gasteiger partial charge in [-0.1, -0.05) is 37.1 Å². The van der Waals surface area contributed by atoms with E-state index in [9.17, 15) is 13.2 Å². The molecule has 0 heterocycles. The number of amides is 1. The summed E-state index contributed by atoms with van der Waals surface area (Å²) in [6.45, 7) is 3.55. The van der Waals surface area contributed by atoms with E-state index >= 15 is 0 Å². The van der Waals surface area contributed by atoms with E-state index in [1.165, 1.54) is 25.0 Å². The quantitative estimate of drug-likeness (QED) is 0.551. The fourth-order valence-corrected chi connectivity index (χ4v) is 4.91. The first kappa shape index (κ1) is 22.0. The molecular weight excluding hydrogens is 398 g/mol. The van der Waals surface area contributed by atoms with Crippen LogP contribution in [0.1, 0.15) is 49.7 Å². The van der Waals surface area contributed by atoms with Crippen LogP contribution in [0.25, 0.3) is 0 Å². The minimum Gasteiger partial charge on any atom is -0.271 e. The molecule has 0 bridgehead atoms. The Balaban J connectivity index is 1.86. The predicted molar refractivity (Wildman–Crippen MR) is 120 cm³/mol. The van der Waals surface area contributed by atoms with Crippen molar-refractivity contribution in [3.63, 3.8) is 0 Å². The zero-order valence-corrected chi connectivity index (χ0v) is 18.4. The van der Waals surface area contributed by atoms with Crippen LogP contribution in [0.5, 0.6) is 0 Å². The summed E-state index contributed by atoms with van der Waals surface area (Å²) in [5.74, 6) is -0.454. The Hall–Kier alpha value is -2.67. The van der Waals surface area contributed by atoms with Gasteiger partial charge in [0.25, 0.3) is 15.9 Å². The van der Waals surface area contributed by atoms with Crippen molar-refractivity contribution >= 4 is 27.3 Å². The molecule has 0 radical (unpaired) electrons. The highest BCUT2D eigenvalue weighted by molar-refractivity contribution is 7.92. The van der Waals surface area contributed by atoms with Crippen LogP contribution in [-0.4, -0.2) is 26.6 Å². The number of hydrazone groups is 1. The first-order chi connectivity index (χ1) is 14.4. The number of carbonyl (C=O) groups is 1. The molecule has 0 spiro atoms. The molecule has 2 aromatic rings. The maximum absolute atomic E-state index is 13.3. The average molecular weight is 428 g/mol. The molecule has 1 N–H and O–H groups in total. The molecule has 0 atom stereocenters. The molecule has 0 aliphatic heterocycles. The predicted octanol–water partition coefficient (Wildman–Crippen LogP) is 4.33. The summed E-state index contributed by atoms with van der Waals surface area (Å²) in [5.41, 5.74) is 6.02. The lowest BCUT2D eigenvalue weighted by Crippen LogP contribution is -2.39. The van der Waals surface area contributed by atoms with Crippen molar-refractivity contribution < 1.29 is 13.2 Å². The van der Waals surface area contributed by atoms with Crippen molar-refractivity contribution in [1.29, 1.82) is 0 Å². The fourth-order valence-electron chi connectivity index (χ4n) is 3.47. The molecule has 1 saturated carbocycles. The van der Waals surface area contributed by atoms with Gasteiger partial charge in [0.05, 0.1) is 10.6 Å². The van der Waals surface area contributed by atoms with Crippen LogP contribution in [0.2, 0.25) is 0 Å². The highest BCUT2D eigenvalue weighted by Gasteiger charge is 2.27. The summed E-state index contributed by atoms with van der Waals surface area (Å²) in [7, 11) is -3.90. The number of nitrogens with zero attached hydrogens (tertiary/aromatic N) is 2. The molecule has 6 nitrogen and oxygen atoms in total. The van der Waals surface area contributed by atoms with Crippen LogP contribution in [0.3, 0.4) is 0 Å². The van der Waals surface area contributed by atoms with Gasteiger partial charge in [0.1, 0.15) is 6.54 Å². The average Bonchev–Trinajstić information content (AvgIpc) is 3.02. The monoisotopic (exact) mass is 427 g/mol. The minimum atomic E-state index is -3.90. The second-order valence-corrected chi connectivity index (χ2v) is 9.58. The van der Waals surface area contributed by atoms with E-state index in [4.69, 9.17) is 0 Å². The topological polar surface area (TPSA) is 78.8 Å². The van der Waals surface area contributed by atoms with Crippen LogP contribution in [0, 0.1) is 13.8 Å². The summed E-state index contributed by atoms with van der Waals surface area (Å²) < 4.78 is 27.8. The Morgan fingerprint density at radius 3 is 2.27 bits per heavy atom. The van der Waals surface area contributed by atoms with Gasteiger partial charge in [0, 0.05) is 5.71 Å². The molecule has 0 aromatic heterocycles. The van der Waals surface area contributed by atoms with E-state index in [0.717, 1.165) is 46.8 Å². The van der Waals surface area contributed by atoms with E-state index in [0.29, 0.717) is 5.69 Å². The zero-order valence-electron chi connectivity index (χ0n) is 17.6. The summed E-state index contributed by atoms with van der Waals surface area (Å²) >= 11 is 0. The van der Waals surface area contributed by atoms with Gasteiger partial charge in [0.15, 0.2) is 0 Å². The number of carbonyl (C=O) groups excluding carboxylic acids is 1.